The van der Waals surface area contributed by atoms with E-state index in [-0.39, 0.29) is 12.5 Å². The van der Waals surface area contributed by atoms with Gasteiger partial charge < -0.3 is 15.4 Å². The van der Waals surface area contributed by atoms with E-state index in [0.717, 1.165) is 10.8 Å². The van der Waals surface area contributed by atoms with E-state index in [4.69, 9.17) is 4.74 Å². The average Bonchev–Trinajstić information content (AvgIpc) is 2.77. The number of hydrogen-bond acceptors (Lipinski definition) is 4. The van der Waals surface area contributed by atoms with Gasteiger partial charge in [0.15, 0.2) is 6.10 Å². The largest absolute Gasteiger partial charge is 0.451 e. The molecule has 6 heteroatoms. The minimum absolute atomic E-state index is 0.327. The number of ether oxygens (including phenoxy) is 1. The number of nitrogens with one attached hydrogen (secondary N) is 2. The summed E-state index contributed by atoms with van der Waals surface area (Å²) in [6, 6.07) is 20.5. The normalized spacial score (nSPS) is 11.7. The first-order chi connectivity index (χ1) is 14.8. The number of carbonyl (C=O) groups is 3. The molecule has 3 rings (SSSR count). The lowest BCUT2D eigenvalue weighted by Crippen LogP contribution is -2.35. The van der Waals surface area contributed by atoms with E-state index in [2.05, 4.69) is 24.5 Å². The maximum atomic E-state index is 12.3. The average molecular weight is 418 g/mol. The van der Waals surface area contributed by atoms with Gasteiger partial charge in [0, 0.05) is 11.3 Å². The molecule has 0 unspecified atom stereocenters. The van der Waals surface area contributed by atoms with Crippen molar-refractivity contribution in [1.82, 2.24) is 5.32 Å². The third-order valence-corrected chi connectivity index (χ3v) is 4.93. The third-order valence-electron chi connectivity index (χ3n) is 4.93. The van der Waals surface area contributed by atoms with Crippen molar-refractivity contribution in [2.45, 2.75) is 32.8 Å². The van der Waals surface area contributed by atoms with Crippen LogP contribution in [-0.4, -0.2) is 30.4 Å². The highest BCUT2D eigenvalue weighted by Gasteiger charge is 2.19. The molecule has 0 saturated carbocycles. The number of fused-ring (bicyclic) bond motifs is 1. The molecule has 160 valence electrons. The second-order valence-electron chi connectivity index (χ2n) is 7.64. The van der Waals surface area contributed by atoms with Crippen molar-refractivity contribution in [3.05, 3.63) is 77.9 Å². The van der Waals surface area contributed by atoms with Crippen molar-refractivity contribution in [3.63, 3.8) is 0 Å². The van der Waals surface area contributed by atoms with E-state index >= 15 is 0 Å². The Hall–Kier alpha value is -3.67. The van der Waals surface area contributed by atoms with Crippen molar-refractivity contribution in [3.8, 4) is 0 Å². The number of benzene rings is 3. The van der Waals surface area contributed by atoms with Crippen LogP contribution in [0.1, 0.15) is 42.6 Å². The van der Waals surface area contributed by atoms with Crippen molar-refractivity contribution < 1.29 is 19.1 Å². The molecule has 0 aliphatic heterocycles. The first kappa shape index (κ1) is 22.0. The summed E-state index contributed by atoms with van der Waals surface area (Å²) in [5.74, 6) is -1.11. The van der Waals surface area contributed by atoms with Gasteiger partial charge in [-0.2, -0.15) is 0 Å². The van der Waals surface area contributed by atoms with Crippen LogP contribution in [0.5, 0.6) is 0 Å². The van der Waals surface area contributed by atoms with Crippen molar-refractivity contribution >= 4 is 34.2 Å². The zero-order chi connectivity index (χ0) is 22.4. The van der Waals surface area contributed by atoms with Crippen LogP contribution in [0.3, 0.4) is 0 Å². The summed E-state index contributed by atoms with van der Waals surface area (Å²) in [6.07, 6.45) is -0.991. The summed E-state index contributed by atoms with van der Waals surface area (Å²) < 4.78 is 5.14. The SMILES string of the molecule is CC(C)c1ccc(NC(=O)[C@H](C)OC(=O)CNC(=O)c2ccc3ccccc3c2)cc1. The fourth-order valence-electron chi connectivity index (χ4n) is 3.07. The molecular formula is C25H26N2O4. The van der Waals surface area contributed by atoms with Gasteiger partial charge in [0.2, 0.25) is 0 Å². The molecular weight excluding hydrogens is 392 g/mol. The minimum atomic E-state index is -0.991. The molecule has 2 amide bonds. The van der Waals surface area contributed by atoms with Crippen LogP contribution in [0, 0.1) is 0 Å². The maximum absolute atomic E-state index is 12.3. The maximum Gasteiger partial charge on any atom is 0.326 e. The number of carbonyl (C=O) groups excluding carboxylic acids is 3. The Morgan fingerprint density at radius 2 is 1.55 bits per heavy atom. The van der Waals surface area contributed by atoms with E-state index in [1.54, 1.807) is 12.1 Å². The zero-order valence-corrected chi connectivity index (χ0v) is 17.8. The van der Waals surface area contributed by atoms with E-state index < -0.39 is 18.0 Å². The molecule has 0 heterocycles. The van der Waals surface area contributed by atoms with Crippen LogP contribution < -0.4 is 10.6 Å². The van der Waals surface area contributed by atoms with Gasteiger partial charge in [-0.05, 0) is 53.4 Å². The van der Waals surface area contributed by atoms with E-state index in [1.807, 2.05) is 54.6 Å². The molecule has 0 fully saturated rings. The number of anilines is 1. The van der Waals surface area contributed by atoms with Crippen molar-refractivity contribution in [2.24, 2.45) is 0 Å². The molecule has 3 aromatic rings. The number of rotatable bonds is 7. The first-order valence-corrected chi connectivity index (χ1v) is 10.2. The van der Waals surface area contributed by atoms with Crippen LogP contribution in [-0.2, 0) is 14.3 Å². The molecule has 0 radical (unpaired) electrons. The van der Waals surface area contributed by atoms with Crippen molar-refractivity contribution in [1.29, 1.82) is 0 Å². The molecule has 1 atom stereocenters. The zero-order valence-electron chi connectivity index (χ0n) is 17.8. The Bertz CT molecular complexity index is 1090. The van der Waals surface area contributed by atoms with Gasteiger partial charge >= 0.3 is 5.97 Å². The molecule has 0 spiro atoms. The molecule has 2 N–H and O–H groups in total. The van der Waals surface area contributed by atoms with E-state index in [1.165, 1.54) is 12.5 Å². The molecule has 0 bridgehead atoms. The predicted octanol–water partition coefficient (Wildman–Crippen LogP) is 4.26. The molecule has 6 nitrogen and oxygen atoms in total. The van der Waals surface area contributed by atoms with Crippen LogP contribution in [0.4, 0.5) is 5.69 Å². The molecule has 0 aliphatic carbocycles. The van der Waals surface area contributed by atoms with E-state index in [0.29, 0.717) is 17.2 Å². The Morgan fingerprint density at radius 1 is 0.871 bits per heavy atom. The Balaban J connectivity index is 1.48. The van der Waals surface area contributed by atoms with Gasteiger partial charge in [-0.25, -0.2) is 0 Å². The van der Waals surface area contributed by atoms with Crippen molar-refractivity contribution in [2.75, 3.05) is 11.9 Å². The fourth-order valence-corrected chi connectivity index (χ4v) is 3.07. The predicted molar refractivity (Wildman–Crippen MR) is 121 cm³/mol. The molecule has 0 aromatic heterocycles. The summed E-state index contributed by atoms with van der Waals surface area (Å²) in [7, 11) is 0. The lowest BCUT2D eigenvalue weighted by atomic mass is 10.0. The second kappa shape index (κ2) is 9.89. The van der Waals surface area contributed by atoms with Gasteiger partial charge in [0.05, 0.1) is 0 Å². The molecule has 0 aliphatic rings. The smallest absolute Gasteiger partial charge is 0.326 e. The molecule has 31 heavy (non-hydrogen) atoms. The fraction of sp³-hybridized carbons (Fsp3) is 0.240. The third kappa shape index (κ3) is 5.92. The summed E-state index contributed by atoms with van der Waals surface area (Å²) in [4.78, 5) is 36.7. The van der Waals surface area contributed by atoms with Crippen LogP contribution in [0.2, 0.25) is 0 Å². The summed E-state index contributed by atoms with van der Waals surface area (Å²) >= 11 is 0. The van der Waals surface area contributed by atoms with Gasteiger partial charge in [-0.15, -0.1) is 0 Å². The lowest BCUT2D eigenvalue weighted by Gasteiger charge is -2.14. The summed E-state index contributed by atoms with van der Waals surface area (Å²) in [6.45, 7) is 5.34. The van der Waals surface area contributed by atoms with Gasteiger partial charge in [-0.1, -0.05) is 56.3 Å². The molecule has 0 saturated heterocycles. The van der Waals surface area contributed by atoms with Gasteiger partial charge in [-0.3, -0.25) is 14.4 Å². The van der Waals surface area contributed by atoms with E-state index in [9.17, 15) is 14.4 Å². The van der Waals surface area contributed by atoms with Gasteiger partial charge in [0.1, 0.15) is 6.54 Å². The number of amides is 2. The summed E-state index contributed by atoms with van der Waals surface area (Å²) in [5.41, 5.74) is 2.24. The standard InChI is InChI=1S/C25H26N2O4/c1-16(2)18-10-12-22(13-11-18)27-24(29)17(3)31-23(28)15-26-25(30)21-9-8-19-6-4-5-7-20(19)14-21/h4-14,16-17H,15H2,1-3H3,(H,26,30)(H,27,29)/t17-/m0/s1. The second-order valence-corrected chi connectivity index (χ2v) is 7.64. The van der Waals surface area contributed by atoms with Gasteiger partial charge in [0.25, 0.3) is 11.8 Å². The Kier molecular flexibility index (Phi) is 7.03. The first-order valence-electron chi connectivity index (χ1n) is 10.2. The topological polar surface area (TPSA) is 84.5 Å². The Labute approximate surface area is 181 Å². The highest BCUT2D eigenvalue weighted by atomic mass is 16.5. The molecule has 3 aromatic carbocycles. The van der Waals surface area contributed by atoms with Crippen LogP contribution in [0.15, 0.2) is 66.7 Å². The van der Waals surface area contributed by atoms with Crippen LogP contribution >= 0.6 is 0 Å². The highest BCUT2D eigenvalue weighted by Crippen LogP contribution is 2.18. The lowest BCUT2D eigenvalue weighted by molar-refractivity contribution is -0.152. The Morgan fingerprint density at radius 3 is 2.23 bits per heavy atom. The monoisotopic (exact) mass is 418 g/mol. The van der Waals surface area contributed by atoms with Crippen LogP contribution in [0.25, 0.3) is 10.8 Å². The number of esters is 1. The highest BCUT2D eigenvalue weighted by molar-refractivity contribution is 6.00. The quantitative estimate of drug-likeness (QED) is 0.562. The summed E-state index contributed by atoms with van der Waals surface area (Å²) in [5, 5.41) is 7.21. The number of hydrogen-bond donors (Lipinski definition) is 2. The minimum Gasteiger partial charge on any atom is -0.451 e.